The molecule has 1 aliphatic heterocycles. The number of aromatic nitrogens is 3. The molecule has 1 N–H and O–H groups in total. The zero-order valence-corrected chi connectivity index (χ0v) is 17.3. The van der Waals surface area contributed by atoms with Crippen molar-refractivity contribution >= 4 is 39.3 Å². The molecule has 2 aromatic rings. The number of alkyl carbamates (subject to hydrolysis) is 1. The van der Waals surface area contributed by atoms with Crippen LogP contribution in [-0.2, 0) is 9.47 Å². The third-order valence-corrected chi connectivity index (χ3v) is 4.87. The number of hydrogen-bond donors (Lipinski definition) is 1. The maximum atomic E-state index is 12.5. The Morgan fingerprint density at radius 1 is 1.46 bits per heavy atom. The van der Waals surface area contributed by atoms with Gasteiger partial charge in [-0.3, -0.25) is 0 Å². The summed E-state index contributed by atoms with van der Waals surface area (Å²) >= 11 is 9.65. The lowest BCUT2D eigenvalue weighted by Gasteiger charge is -2.31. The molecule has 1 unspecified atom stereocenters. The second-order valence-corrected chi connectivity index (χ2v) is 8.62. The van der Waals surface area contributed by atoms with Gasteiger partial charge in [-0.15, -0.1) is 0 Å². The topological polar surface area (TPSA) is 77.8 Å². The Hall–Kier alpha value is -1.38. The van der Waals surface area contributed by atoms with Crippen LogP contribution in [-0.4, -0.2) is 39.4 Å². The van der Waals surface area contributed by atoms with Crippen molar-refractivity contribution in [2.75, 3.05) is 13.2 Å². The number of ether oxygens (including phenoxy) is 2. The van der Waals surface area contributed by atoms with E-state index >= 15 is 0 Å². The van der Waals surface area contributed by atoms with E-state index in [-0.39, 0.29) is 5.92 Å². The summed E-state index contributed by atoms with van der Waals surface area (Å²) in [5.41, 5.74) is 0.892. The largest absolute Gasteiger partial charge is 0.439 e. The van der Waals surface area contributed by atoms with E-state index in [2.05, 4.69) is 31.3 Å². The lowest BCUT2D eigenvalue weighted by molar-refractivity contribution is -0.00749. The first-order chi connectivity index (χ1) is 12.2. The van der Waals surface area contributed by atoms with Crippen molar-refractivity contribution < 1.29 is 14.3 Å². The van der Waals surface area contributed by atoms with Crippen molar-refractivity contribution in [2.45, 2.75) is 45.3 Å². The molecule has 1 atom stereocenters. The standard InChI is InChI=1S/C17H22BrClN4O3/c1-17(2,3)22-16(24)26-14(10-4-6-25-7-5-10)12-8-13(19)21-15-11(18)9-20-23(12)15/h8-10,14H,4-7H2,1-3H3,(H,22,24). The van der Waals surface area contributed by atoms with E-state index in [9.17, 15) is 4.79 Å². The predicted molar refractivity (Wildman–Crippen MR) is 101 cm³/mol. The zero-order valence-electron chi connectivity index (χ0n) is 15.0. The minimum atomic E-state index is -0.504. The van der Waals surface area contributed by atoms with E-state index < -0.39 is 17.7 Å². The number of amides is 1. The maximum Gasteiger partial charge on any atom is 0.408 e. The van der Waals surface area contributed by atoms with E-state index in [1.807, 2.05) is 20.8 Å². The summed E-state index contributed by atoms with van der Waals surface area (Å²) in [5, 5.41) is 7.53. The average Bonchev–Trinajstić information content (AvgIpc) is 2.92. The van der Waals surface area contributed by atoms with E-state index in [0.29, 0.717) is 29.7 Å². The van der Waals surface area contributed by atoms with Gasteiger partial charge >= 0.3 is 6.09 Å². The highest BCUT2D eigenvalue weighted by Gasteiger charge is 2.32. The zero-order chi connectivity index (χ0) is 18.9. The van der Waals surface area contributed by atoms with Crippen molar-refractivity contribution in [3.63, 3.8) is 0 Å². The molecule has 7 nitrogen and oxygen atoms in total. The van der Waals surface area contributed by atoms with Gasteiger partial charge in [0.05, 0.1) is 16.4 Å². The lowest BCUT2D eigenvalue weighted by Crippen LogP contribution is -2.42. The van der Waals surface area contributed by atoms with Gasteiger partial charge in [-0.05, 0) is 49.5 Å². The maximum absolute atomic E-state index is 12.5. The number of halogens is 2. The summed E-state index contributed by atoms with van der Waals surface area (Å²) in [5.74, 6) is 0.110. The summed E-state index contributed by atoms with van der Waals surface area (Å²) in [7, 11) is 0. The number of rotatable bonds is 3. The van der Waals surface area contributed by atoms with Gasteiger partial charge in [-0.1, -0.05) is 11.6 Å². The van der Waals surface area contributed by atoms with Gasteiger partial charge in [0.25, 0.3) is 0 Å². The van der Waals surface area contributed by atoms with Crippen LogP contribution in [0.3, 0.4) is 0 Å². The molecule has 26 heavy (non-hydrogen) atoms. The van der Waals surface area contributed by atoms with Gasteiger partial charge in [-0.25, -0.2) is 14.3 Å². The van der Waals surface area contributed by atoms with Crippen LogP contribution in [0.4, 0.5) is 4.79 Å². The number of fused-ring (bicyclic) bond motifs is 1. The Balaban J connectivity index is 1.99. The number of carbonyl (C=O) groups excluding carboxylic acids is 1. The molecule has 1 saturated heterocycles. The molecular weight excluding hydrogens is 424 g/mol. The minimum Gasteiger partial charge on any atom is -0.439 e. The van der Waals surface area contributed by atoms with E-state index in [0.717, 1.165) is 17.3 Å². The van der Waals surface area contributed by atoms with Gasteiger partial charge in [0.1, 0.15) is 11.3 Å². The van der Waals surface area contributed by atoms with E-state index in [1.54, 1.807) is 16.8 Å². The minimum absolute atomic E-state index is 0.110. The Bertz CT molecular complexity index is 799. The normalized spacial score (nSPS) is 17.3. The fourth-order valence-electron chi connectivity index (χ4n) is 3.00. The van der Waals surface area contributed by atoms with Crippen LogP contribution in [0, 0.1) is 5.92 Å². The Morgan fingerprint density at radius 2 is 2.15 bits per heavy atom. The third kappa shape index (κ3) is 4.47. The average molecular weight is 446 g/mol. The SMILES string of the molecule is CC(C)(C)NC(=O)OC(c1cc(Cl)nc2c(Br)cnn12)C1CCOCC1. The Labute approximate surface area is 165 Å². The quantitative estimate of drug-likeness (QED) is 0.719. The van der Waals surface area contributed by atoms with Gasteiger partial charge in [0, 0.05) is 30.7 Å². The van der Waals surface area contributed by atoms with Crippen LogP contribution >= 0.6 is 27.5 Å². The fourth-order valence-corrected chi connectivity index (χ4v) is 3.54. The molecule has 0 spiro atoms. The number of nitrogens with one attached hydrogen (secondary N) is 1. The van der Waals surface area contributed by atoms with Gasteiger partial charge < -0.3 is 14.8 Å². The number of nitrogens with zero attached hydrogens (tertiary/aromatic N) is 3. The summed E-state index contributed by atoms with van der Waals surface area (Å²) in [6.07, 6.45) is 2.25. The van der Waals surface area contributed by atoms with Crippen LogP contribution in [0.15, 0.2) is 16.7 Å². The Morgan fingerprint density at radius 3 is 2.81 bits per heavy atom. The molecule has 3 heterocycles. The van der Waals surface area contributed by atoms with Crippen molar-refractivity contribution in [1.82, 2.24) is 19.9 Å². The highest BCUT2D eigenvalue weighted by Crippen LogP contribution is 2.35. The molecule has 0 saturated carbocycles. The van der Waals surface area contributed by atoms with Crippen molar-refractivity contribution in [2.24, 2.45) is 5.92 Å². The lowest BCUT2D eigenvalue weighted by atomic mass is 9.91. The molecule has 0 aliphatic carbocycles. The van der Waals surface area contributed by atoms with Crippen LogP contribution in [0.1, 0.15) is 45.4 Å². The monoisotopic (exact) mass is 444 g/mol. The highest BCUT2D eigenvalue weighted by atomic mass is 79.9. The smallest absolute Gasteiger partial charge is 0.408 e. The van der Waals surface area contributed by atoms with Gasteiger partial charge in [0.15, 0.2) is 5.65 Å². The highest BCUT2D eigenvalue weighted by molar-refractivity contribution is 9.10. The van der Waals surface area contributed by atoms with E-state index in [1.165, 1.54) is 0 Å². The molecule has 2 aromatic heterocycles. The second kappa shape index (κ2) is 7.70. The van der Waals surface area contributed by atoms with Gasteiger partial charge in [0.2, 0.25) is 0 Å². The van der Waals surface area contributed by atoms with Crippen molar-refractivity contribution in [3.05, 3.63) is 27.6 Å². The molecule has 0 radical (unpaired) electrons. The predicted octanol–water partition coefficient (Wildman–Crippen LogP) is 4.14. The van der Waals surface area contributed by atoms with Crippen LogP contribution in [0.2, 0.25) is 5.15 Å². The second-order valence-electron chi connectivity index (χ2n) is 7.38. The molecule has 142 valence electrons. The molecule has 9 heteroatoms. The van der Waals surface area contributed by atoms with Crippen molar-refractivity contribution in [3.8, 4) is 0 Å². The molecule has 1 aliphatic rings. The first-order valence-electron chi connectivity index (χ1n) is 8.51. The first-order valence-corrected chi connectivity index (χ1v) is 9.68. The van der Waals surface area contributed by atoms with Crippen molar-refractivity contribution in [1.29, 1.82) is 0 Å². The van der Waals surface area contributed by atoms with Gasteiger partial charge in [-0.2, -0.15) is 5.10 Å². The molecule has 1 amide bonds. The van der Waals surface area contributed by atoms with Crippen LogP contribution < -0.4 is 5.32 Å². The van der Waals surface area contributed by atoms with Crippen LogP contribution in [0.25, 0.3) is 5.65 Å². The van der Waals surface area contributed by atoms with Crippen LogP contribution in [0.5, 0.6) is 0 Å². The summed E-state index contributed by atoms with van der Waals surface area (Å²) in [6, 6.07) is 1.71. The first kappa shape index (κ1) is 19.4. The molecule has 0 bridgehead atoms. The Kier molecular flexibility index (Phi) is 5.74. The molecule has 3 rings (SSSR count). The summed E-state index contributed by atoms with van der Waals surface area (Å²) in [4.78, 5) is 16.8. The summed E-state index contributed by atoms with van der Waals surface area (Å²) in [6.45, 7) is 6.99. The molecule has 1 fully saturated rings. The van der Waals surface area contributed by atoms with E-state index in [4.69, 9.17) is 21.1 Å². The molecule has 0 aromatic carbocycles. The summed E-state index contributed by atoms with van der Waals surface area (Å²) < 4.78 is 13.7. The number of hydrogen-bond acceptors (Lipinski definition) is 5. The number of carbonyl (C=O) groups is 1. The third-order valence-electron chi connectivity index (χ3n) is 4.12. The fraction of sp³-hybridized carbons (Fsp3) is 0.588. The molecular formula is C17H22BrClN4O3.